The first kappa shape index (κ1) is 16.8. The molecule has 0 aromatic carbocycles. The van der Waals surface area contributed by atoms with Crippen molar-refractivity contribution in [1.29, 1.82) is 5.26 Å². The van der Waals surface area contributed by atoms with E-state index in [9.17, 15) is 9.90 Å². The Bertz CT molecular complexity index is 169. The van der Waals surface area contributed by atoms with Gasteiger partial charge < -0.3 is 9.90 Å². The van der Waals surface area contributed by atoms with Crippen LogP contribution in [0, 0.1) is 11.3 Å². The number of carbonyl (C=O) groups excluding carboxylic acids is 1. The molecule has 0 fully saturated rings. The summed E-state index contributed by atoms with van der Waals surface area (Å²) in [6, 6.07) is 1.69. The molecule has 0 radical (unpaired) electrons. The zero-order valence-electron chi connectivity index (χ0n) is 6.76. The van der Waals surface area contributed by atoms with Crippen LogP contribution in [0.25, 0.3) is 0 Å². The van der Waals surface area contributed by atoms with Crippen LogP contribution in [-0.2, 0) is 4.79 Å². The van der Waals surface area contributed by atoms with Gasteiger partial charge in [0.1, 0.15) is 0 Å². The monoisotopic (exact) mass is 161 g/mol. The van der Waals surface area contributed by atoms with Crippen molar-refractivity contribution in [3.8, 4) is 6.07 Å². The summed E-state index contributed by atoms with van der Waals surface area (Å²) in [5, 5.41) is 17.0. The first-order valence-corrected chi connectivity index (χ1v) is 2.43. The minimum atomic E-state index is -1.19. The first-order valence-electron chi connectivity index (χ1n) is 2.43. The van der Waals surface area contributed by atoms with Crippen molar-refractivity contribution in [2.45, 2.75) is 6.92 Å². The average Bonchev–Trinajstić information content (AvgIpc) is 1.89. The number of hydrogen-bond donors (Lipinski definition) is 0. The third-order valence-corrected chi connectivity index (χ3v) is 0.440. The fourth-order valence-electron chi connectivity index (χ4n) is 0. The summed E-state index contributed by atoms with van der Waals surface area (Å²) in [7, 11) is 0. The molecule has 0 heterocycles. The molecular formula is C7H8NNaO2. The molecule has 3 nitrogen and oxygen atoms in total. The number of aliphatic carboxylic acids is 1. The predicted molar refractivity (Wildman–Crippen MR) is 35.6 cm³/mol. The summed E-state index contributed by atoms with van der Waals surface area (Å²) in [6.07, 6.45) is 1.18. The fourth-order valence-corrected chi connectivity index (χ4v) is 0. The molecule has 0 atom stereocenters. The number of carboxylic acid groups (broad SMARTS) is 1. The van der Waals surface area contributed by atoms with Gasteiger partial charge in [-0.1, -0.05) is 13.2 Å². The van der Waals surface area contributed by atoms with Crippen LogP contribution in [0.15, 0.2) is 24.8 Å². The summed E-state index contributed by atoms with van der Waals surface area (Å²) < 4.78 is 0. The number of rotatable bonds is 1. The van der Waals surface area contributed by atoms with Gasteiger partial charge in [-0.05, 0) is 12.5 Å². The van der Waals surface area contributed by atoms with Gasteiger partial charge in [-0.25, -0.2) is 0 Å². The van der Waals surface area contributed by atoms with Crippen molar-refractivity contribution >= 4 is 5.97 Å². The molecule has 0 rings (SSSR count). The predicted octanol–water partition coefficient (Wildman–Crippen LogP) is -2.99. The smallest absolute Gasteiger partial charge is 0.545 e. The van der Waals surface area contributed by atoms with Gasteiger partial charge >= 0.3 is 29.6 Å². The van der Waals surface area contributed by atoms with E-state index in [0.29, 0.717) is 0 Å². The van der Waals surface area contributed by atoms with Crippen molar-refractivity contribution in [2.24, 2.45) is 0 Å². The van der Waals surface area contributed by atoms with Gasteiger partial charge in [0.2, 0.25) is 0 Å². The fraction of sp³-hybridized carbons (Fsp3) is 0.143. The van der Waals surface area contributed by atoms with E-state index in [4.69, 9.17) is 5.26 Å². The Balaban J connectivity index is -0.000000114. The number of allylic oxidation sites excluding steroid dienone is 1. The van der Waals surface area contributed by atoms with Crippen LogP contribution in [0.1, 0.15) is 6.92 Å². The number of nitrogens with zero attached hydrogens (tertiary/aromatic N) is 1. The maximum Gasteiger partial charge on any atom is 1.00 e. The Labute approximate surface area is 88.3 Å². The summed E-state index contributed by atoms with van der Waals surface area (Å²) in [5.41, 5.74) is 0.0648. The van der Waals surface area contributed by atoms with Gasteiger partial charge in [0.25, 0.3) is 0 Å². The van der Waals surface area contributed by atoms with E-state index in [1.165, 1.54) is 13.0 Å². The molecule has 54 valence electrons. The van der Waals surface area contributed by atoms with Crippen LogP contribution in [0.4, 0.5) is 0 Å². The van der Waals surface area contributed by atoms with E-state index in [2.05, 4.69) is 13.2 Å². The van der Waals surface area contributed by atoms with Crippen LogP contribution < -0.4 is 34.7 Å². The SMILES string of the molecule is C=C(C)C(=O)[O-].C=CC#N.[Na+]. The molecule has 0 N–H and O–H groups in total. The molecule has 11 heavy (non-hydrogen) atoms. The summed E-state index contributed by atoms with van der Waals surface area (Å²) in [4.78, 5) is 9.49. The molecule has 0 saturated heterocycles. The number of nitriles is 1. The first-order chi connectivity index (χ1) is 4.56. The van der Waals surface area contributed by atoms with Crippen molar-refractivity contribution in [3.63, 3.8) is 0 Å². The maximum atomic E-state index is 9.49. The standard InChI is InChI=1S/C4H6O2.C3H3N.Na/c1-3(2)4(5)6;1-2-3-4;/h1H2,2H3,(H,5,6);2H,1H2;/q;;+1/p-1. The molecule has 0 bridgehead atoms. The molecule has 0 aromatic heterocycles. The van der Waals surface area contributed by atoms with Crippen LogP contribution in [0.3, 0.4) is 0 Å². The van der Waals surface area contributed by atoms with Gasteiger partial charge in [0.15, 0.2) is 0 Å². The van der Waals surface area contributed by atoms with E-state index < -0.39 is 5.97 Å². The van der Waals surface area contributed by atoms with Crippen molar-refractivity contribution < 1.29 is 39.5 Å². The Kier molecular flexibility index (Phi) is 18.6. The molecule has 0 unspecified atom stereocenters. The van der Waals surface area contributed by atoms with Gasteiger partial charge in [-0.2, -0.15) is 5.26 Å². The van der Waals surface area contributed by atoms with Gasteiger partial charge in [0, 0.05) is 6.08 Å². The molecule has 0 aliphatic carbocycles. The molecule has 0 aliphatic rings. The zero-order chi connectivity index (χ0) is 8.57. The molecule has 4 heteroatoms. The third-order valence-electron chi connectivity index (χ3n) is 0.440. The summed E-state index contributed by atoms with van der Waals surface area (Å²) in [5.74, 6) is -1.19. The Hall–Kier alpha value is -0.560. The van der Waals surface area contributed by atoms with Crippen LogP contribution in [0.2, 0.25) is 0 Å². The second kappa shape index (κ2) is 12.1. The maximum absolute atomic E-state index is 9.49. The van der Waals surface area contributed by atoms with Gasteiger partial charge in [0.05, 0.1) is 12.0 Å². The topological polar surface area (TPSA) is 63.9 Å². The van der Waals surface area contributed by atoms with Crippen LogP contribution in [-0.4, -0.2) is 5.97 Å². The quantitative estimate of drug-likeness (QED) is 0.234. The summed E-state index contributed by atoms with van der Waals surface area (Å²) >= 11 is 0. The van der Waals surface area contributed by atoms with E-state index in [1.807, 2.05) is 0 Å². The second-order valence-corrected chi connectivity index (χ2v) is 1.40. The zero-order valence-corrected chi connectivity index (χ0v) is 8.76. The molecule has 0 aromatic rings. The largest absolute Gasteiger partial charge is 1.00 e. The third kappa shape index (κ3) is 26.5. The Morgan fingerprint density at radius 2 is 1.91 bits per heavy atom. The van der Waals surface area contributed by atoms with Crippen LogP contribution in [0.5, 0.6) is 0 Å². The number of carbonyl (C=O) groups is 1. The van der Waals surface area contributed by atoms with Crippen molar-refractivity contribution in [3.05, 3.63) is 24.8 Å². The van der Waals surface area contributed by atoms with Crippen molar-refractivity contribution in [2.75, 3.05) is 0 Å². The van der Waals surface area contributed by atoms with Gasteiger partial charge in [-0.15, -0.1) is 0 Å². The number of hydrogen-bond acceptors (Lipinski definition) is 3. The molecule has 0 saturated carbocycles. The molecule has 0 spiro atoms. The van der Waals surface area contributed by atoms with E-state index in [0.717, 1.165) is 0 Å². The minimum Gasteiger partial charge on any atom is -0.545 e. The van der Waals surface area contributed by atoms with Crippen molar-refractivity contribution in [1.82, 2.24) is 0 Å². The van der Waals surface area contributed by atoms with Crippen LogP contribution >= 0.6 is 0 Å². The Morgan fingerprint density at radius 1 is 1.73 bits per heavy atom. The second-order valence-electron chi connectivity index (χ2n) is 1.40. The molecule has 0 aliphatic heterocycles. The Morgan fingerprint density at radius 3 is 1.91 bits per heavy atom. The number of carboxylic acids is 1. The summed E-state index contributed by atoms with van der Waals surface area (Å²) in [6.45, 7) is 7.59. The normalized spacial score (nSPS) is 5.45. The van der Waals surface area contributed by atoms with E-state index >= 15 is 0 Å². The van der Waals surface area contributed by atoms with E-state index in [1.54, 1.807) is 6.07 Å². The van der Waals surface area contributed by atoms with Gasteiger partial charge in [-0.3, -0.25) is 0 Å². The average molecular weight is 161 g/mol. The minimum absolute atomic E-state index is 0. The molecule has 0 amide bonds. The van der Waals surface area contributed by atoms with E-state index in [-0.39, 0.29) is 35.1 Å². The molecular weight excluding hydrogens is 153 g/mol.